The minimum absolute atomic E-state index is 0.284. The minimum atomic E-state index is -1.07. The van der Waals surface area contributed by atoms with Crippen molar-refractivity contribution in [3.05, 3.63) is 10.9 Å². The van der Waals surface area contributed by atoms with Gasteiger partial charge in [0.2, 0.25) is 0 Å². The largest absolute Gasteiger partial charge is 0.480 e. The molecule has 0 aliphatic rings. The zero-order valence-corrected chi connectivity index (χ0v) is 11.9. The van der Waals surface area contributed by atoms with Gasteiger partial charge < -0.3 is 9.84 Å². The Morgan fingerprint density at radius 1 is 1.53 bits per heavy atom. The number of carbonyl (C=O) groups is 2. The Hall–Kier alpha value is -1.63. The molecule has 1 atom stereocenters. The number of anilines is 1. The molecule has 0 saturated carbocycles. The van der Waals surface area contributed by atoms with Gasteiger partial charge in [0.05, 0.1) is 12.1 Å². The smallest absolute Gasteiger partial charge is 0.416 e. The highest BCUT2D eigenvalue weighted by atomic mass is 32.1. The molecule has 0 aromatic carbocycles. The fraction of sp³-hybridized carbons (Fsp3) is 0.583. The van der Waals surface area contributed by atoms with E-state index in [0.29, 0.717) is 5.82 Å². The highest BCUT2D eigenvalue weighted by Crippen LogP contribution is 2.20. The van der Waals surface area contributed by atoms with E-state index in [2.05, 4.69) is 4.98 Å². The van der Waals surface area contributed by atoms with Gasteiger partial charge in [0, 0.05) is 5.38 Å². The summed E-state index contributed by atoms with van der Waals surface area (Å²) >= 11 is 1.30. The van der Waals surface area contributed by atoms with Crippen LogP contribution in [0.25, 0.3) is 0 Å². The summed E-state index contributed by atoms with van der Waals surface area (Å²) in [6.45, 7) is 3.97. The molecule has 0 aliphatic heterocycles. The number of hydrogen-bond donors (Lipinski definition) is 1. The van der Waals surface area contributed by atoms with Crippen molar-refractivity contribution < 1.29 is 19.4 Å². The molecule has 0 aliphatic carbocycles. The molecule has 106 valence electrons. The number of amides is 1. The summed E-state index contributed by atoms with van der Waals surface area (Å²) in [5.41, 5.74) is 1.55. The van der Waals surface area contributed by atoms with E-state index in [1.54, 1.807) is 17.8 Å². The lowest BCUT2D eigenvalue weighted by Gasteiger charge is -2.25. The first-order valence-corrected chi connectivity index (χ1v) is 7.13. The van der Waals surface area contributed by atoms with Crippen LogP contribution in [0, 0.1) is 0 Å². The number of hydrogen-bond acceptors (Lipinski definition) is 5. The van der Waals surface area contributed by atoms with Crippen LogP contribution in [0.2, 0.25) is 0 Å². The number of carbonyl (C=O) groups excluding carboxylic acids is 1. The highest BCUT2D eigenvalue weighted by Gasteiger charge is 2.32. The molecule has 7 heteroatoms. The van der Waals surface area contributed by atoms with Crippen molar-refractivity contribution in [1.82, 2.24) is 4.98 Å². The summed E-state index contributed by atoms with van der Waals surface area (Å²) in [7, 11) is 0. The van der Waals surface area contributed by atoms with Gasteiger partial charge in [-0.25, -0.2) is 19.5 Å². The summed E-state index contributed by atoms with van der Waals surface area (Å²) in [6, 6.07) is -0.962. The summed E-state index contributed by atoms with van der Waals surface area (Å²) in [4.78, 5) is 28.4. The SMILES string of the molecule is CCCCOC(=O)N(c1cscn1)C(CC)C(=O)O. The van der Waals surface area contributed by atoms with Gasteiger partial charge in [-0.1, -0.05) is 20.3 Å². The molecule has 1 heterocycles. The van der Waals surface area contributed by atoms with Crippen LogP contribution in [0.1, 0.15) is 33.1 Å². The van der Waals surface area contributed by atoms with Crippen LogP contribution in [0.15, 0.2) is 10.9 Å². The van der Waals surface area contributed by atoms with Gasteiger partial charge in [0.15, 0.2) is 0 Å². The number of aliphatic carboxylic acids is 1. The lowest BCUT2D eigenvalue weighted by atomic mass is 10.2. The fourth-order valence-electron chi connectivity index (χ4n) is 1.55. The molecule has 6 nitrogen and oxygen atoms in total. The summed E-state index contributed by atoms with van der Waals surface area (Å²) in [5, 5.41) is 10.8. The van der Waals surface area contributed by atoms with Gasteiger partial charge in [-0.2, -0.15) is 0 Å². The number of rotatable bonds is 7. The topological polar surface area (TPSA) is 79.7 Å². The third kappa shape index (κ3) is 4.20. The first kappa shape index (κ1) is 15.4. The van der Waals surface area contributed by atoms with E-state index in [1.807, 2.05) is 6.92 Å². The molecule has 0 fully saturated rings. The second kappa shape index (κ2) is 7.73. The Kier molecular flexibility index (Phi) is 6.27. The molecule has 1 aromatic heterocycles. The normalized spacial score (nSPS) is 11.9. The Bertz CT molecular complexity index is 408. The lowest BCUT2D eigenvalue weighted by molar-refractivity contribution is -0.138. The van der Waals surface area contributed by atoms with Crippen molar-refractivity contribution in [1.29, 1.82) is 0 Å². The average Bonchev–Trinajstić information content (AvgIpc) is 2.88. The molecule has 0 spiro atoms. The maximum atomic E-state index is 12.0. The van der Waals surface area contributed by atoms with Gasteiger partial charge in [-0.3, -0.25) is 0 Å². The van der Waals surface area contributed by atoms with E-state index in [9.17, 15) is 14.7 Å². The first-order chi connectivity index (χ1) is 9.11. The quantitative estimate of drug-likeness (QED) is 0.780. The van der Waals surface area contributed by atoms with Crippen molar-refractivity contribution in [3.63, 3.8) is 0 Å². The molecular weight excluding hydrogens is 268 g/mol. The van der Waals surface area contributed by atoms with Crippen molar-refractivity contribution >= 4 is 29.2 Å². The molecule has 0 saturated heterocycles. The van der Waals surface area contributed by atoms with E-state index < -0.39 is 18.1 Å². The Balaban J connectivity index is 2.86. The minimum Gasteiger partial charge on any atom is -0.480 e. The number of thiazole rings is 1. The van der Waals surface area contributed by atoms with E-state index in [4.69, 9.17) is 4.74 Å². The maximum Gasteiger partial charge on any atom is 0.416 e. The zero-order valence-electron chi connectivity index (χ0n) is 11.0. The van der Waals surface area contributed by atoms with Crippen LogP contribution in [0.5, 0.6) is 0 Å². The number of ether oxygens (including phenoxy) is 1. The maximum absolute atomic E-state index is 12.0. The molecule has 1 rings (SSSR count). The van der Waals surface area contributed by atoms with Crippen LogP contribution in [-0.2, 0) is 9.53 Å². The second-order valence-electron chi connectivity index (χ2n) is 3.95. The van der Waals surface area contributed by atoms with Crippen LogP contribution in [0.3, 0.4) is 0 Å². The summed E-state index contributed by atoms with van der Waals surface area (Å²) in [6.07, 6.45) is 1.28. The van der Waals surface area contributed by atoms with E-state index >= 15 is 0 Å². The van der Waals surface area contributed by atoms with Gasteiger partial charge in [0.25, 0.3) is 0 Å². The van der Waals surface area contributed by atoms with Crippen LogP contribution in [0.4, 0.5) is 10.6 Å². The van der Waals surface area contributed by atoms with Crippen molar-refractivity contribution in [2.75, 3.05) is 11.5 Å². The van der Waals surface area contributed by atoms with Crippen molar-refractivity contribution in [2.45, 2.75) is 39.2 Å². The van der Waals surface area contributed by atoms with Gasteiger partial charge in [0.1, 0.15) is 11.9 Å². The lowest BCUT2D eigenvalue weighted by Crippen LogP contribution is -2.45. The molecule has 0 radical (unpaired) electrons. The van der Waals surface area contributed by atoms with E-state index in [1.165, 1.54) is 11.3 Å². The van der Waals surface area contributed by atoms with Crippen molar-refractivity contribution in [3.8, 4) is 0 Å². The predicted molar refractivity (Wildman–Crippen MR) is 72.6 cm³/mol. The number of aromatic nitrogens is 1. The van der Waals surface area contributed by atoms with Crippen LogP contribution in [-0.4, -0.2) is 34.8 Å². The third-order valence-electron chi connectivity index (χ3n) is 2.57. The summed E-state index contributed by atoms with van der Waals surface area (Å²) < 4.78 is 5.09. The number of carboxylic acids is 1. The fourth-order valence-corrected chi connectivity index (χ4v) is 2.07. The molecule has 19 heavy (non-hydrogen) atoms. The molecule has 0 bridgehead atoms. The standard InChI is InChI=1S/C12H18N2O4S/c1-3-5-6-18-12(17)14(9(4-2)11(15)16)10-7-19-8-13-10/h7-9H,3-6H2,1-2H3,(H,15,16). The first-order valence-electron chi connectivity index (χ1n) is 6.18. The molecule has 1 aromatic rings. The highest BCUT2D eigenvalue weighted by molar-refractivity contribution is 7.07. The number of carboxylic acid groups (broad SMARTS) is 1. The molecular formula is C12H18N2O4S. The Morgan fingerprint density at radius 3 is 2.74 bits per heavy atom. The predicted octanol–water partition coefficient (Wildman–Crippen LogP) is 2.75. The Morgan fingerprint density at radius 2 is 2.26 bits per heavy atom. The van der Waals surface area contributed by atoms with Gasteiger partial charge >= 0.3 is 12.1 Å². The van der Waals surface area contributed by atoms with Crippen LogP contribution >= 0.6 is 11.3 Å². The summed E-state index contributed by atoms with van der Waals surface area (Å²) in [5.74, 6) is -0.747. The molecule has 1 N–H and O–H groups in total. The van der Waals surface area contributed by atoms with Crippen LogP contribution < -0.4 is 4.90 Å². The second-order valence-corrected chi connectivity index (χ2v) is 4.67. The van der Waals surface area contributed by atoms with Gasteiger partial charge in [-0.05, 0) is 12.8 Å². The average molecular weight is 286 g/mol. The number of nitrogens with zero attached hydrogens (tertiary/aromatic N) is 2. The monoisotopic (exact) mass is 286 g/mol. The zero-order chi connectivity index (χ0) is 14.3. The number of unbranched alkanes of at least 4 members (excludes halogenated alkanes) is 1. The third-order valence-corrected chi connectivity index (χ3v) is 3.14. The molecule has 1 unspecified atom stereocenters. The van der Waals surface area contributed by atoms with E-state index in [-0.39, 0.29) is 13.0 Å². The van der Waals surface area contributed by atoms with Crippen molar-refractivity contribution in [2.24, 2.45) is 0 Å². The Labute approximate surface area is 116 Å². The van der Waals surface area contributed by atoms with Gasteiger partial charge in [-0.15, -0.1) is 11.3 Å². The van der Waals surface area contributed by atoms with E-state index in [0.717, 1.165) is 17.7 Å². The molecule has 1 amide bonds.